The van der Waals surface area contributed by atoms with Crippen molar-refractivity contribution in [3.05, 3.63) is 59.2 Å². The molecular formula is C17H19F2N. The van der Waals surface area contributed by atoms with Gasteiger partial charge in [-0.15, -0.1) is 0 Å². The third-order valence-electron chi connectivity index (χ3n) is 3.23. The molecule has 0 aliphatic carbocycles. The van der Waals surface area contributed by atoms with Crippen molar-refractivity contribution in [1.29, 1.82) is 0 Å². The Hall–Kier alpha value is -1.74. The Kier molecular flexibility index (Phi) is 4.85. The molecule has 2 aromatic carbocycles. The van der Waals surface area contributed by atoms with Gasteiger partial charge in [0, 0.05) is 12.1 Å². The molecule has 2 aromatic rings. The number of hydrogen-bond donors (Lipinski definition) is 1. The van der Waals surface area contributed by atoms with Crippen LogP contribution in [-0.2, 0) is 6.54 Å². The molecule has 0 saturated carbocycles. The molecule has 20 heavy (non-hydrogen) atoms. The summed E-state index contributed by atoms with van der Waals surface area (Å²) >= 11 is 0. The van der Waals surface area contributed by atoms with Gasteiger partial charge in [-0.1, -0.05) is 30.7 Å². The minimum absolute atomic E-state index is 0.321. The van der Waals surface area contributed by atoms with E-state index in [-0.39, 0.29) is 0 Å². The van der Waals surface area contributed by atoms with Crippen molar-refractivity contribution in [2.45, 2.75) is 26.8 Å². The SMILES string of the molecule is CCCNCc1ccc(C)cc1-c1cc(F)ccc1F. The van der Waals surface area contributed by atoms with Crippen LogP contribution >= 0.6 is 0 Å². The second kappa shape index (κ2) is 6.62. The first kappa shape index (κ1) is 14.7. The molecule has 0 bridgehead atoms. The van der Waals surface area contributed by atoms with Crippen LogP contribution in [0.4, 0.5) is 8.78 Å². The van der Waals surface area contributed by atoms with Gasteiger partial charge in [0.2, 0.25) is 0 Å². The lowest BCUT2D eigenvalue weighted by Gasteiger charge is -2.13. The average Bonchev–Trinajstić information content (AvgIpc) is 2.43. The molecule has 0 aliphatic heterocycles. The second-order valence-corrected chi connectivity index (χ2v) is 4.96. The predicted molar refractivity (Wildman–Crippen MR) is 78.5 cm³/mol. The number of nitrogens with one attached hydrogen (secondary N) is 1. The second-order valence-electron chi connectivity index (χ2n) is 4.96. The minimum Gasteiger partial charge on any atom is -0.313 e. The Morgan fingerprint density at radius 3 is 2.55 bits per heavy atom. The maximum atomic E-state index is 14.0. The van der Waals surface area contributed by atoms with Gasteiger partial charge in [0.15, 0.2) is 0 Å². The Morgan fingerprint density at radius 2 is 1.80 bits per heavy atom. The normalized spacial score (nSPS) is 10.8. The van der Waals surface area contributed by atoms with E-state index in [1.54, 1.807) is 0 Å². The third kappa shape index (κ3) is 3.42. The van der Waals surface area contributed by atoms with E-state index < -0.39 is 11.6 Å². The fourth-order valence-electron chi connectivity index (χ4n) is 2.20. The molecule has 106 valence electrons. The summed E-state index contributed by atoms with van der Waals surface area (Å²) in [6, 6.07) is 9.44. The van der Waals surface area contributed by atoms with Crippen LogP contribution in [0.5, 0.6) is 0 Å². The number of hydrogen-bond acceptors (Lipinski definition) is 1. The minimum atomic E-state index is -0.421. The summed E-state index contributed by atoms with van der Waals surface area (Å²) in [7, 11) is 0. The summed E-state index contributed by atoms with van der Waals surface area (Å²) < 4.78 is 27.4. The lowest BCUT2D eigenvalue weighted by molar-refractivity contribution is 0.602. The third-order valence-corrected chi connectivity index (χ3v) is 3.23. The highest BCUT2D eigenvalue weighted by molar-refractivity contribution is 5.68. The van der Waals surface area contributed by atoms with Crippen molar-refractivity contribution < 1.29 is 8.78 Å². The van der Waals surface area contributed by atoms with Crippen LogP contribution < -0.4 is 5.32 Å². The summed E-state index contributed by atoms with van der Waals surface area (Å²) in [5.41, 5.74) is 3.09. The molecule has 0 amide bonds. The van der Waals surface area contributed by atoms with Gasteiger partial charge in [-0.05, 0) is 49.2 Å². The van der Waals surface area contributed by atoms with Crippen LogP contribution in [0.3, 0.4) is 0 Å². The van der Waals surface area contributed by atoms with E-state index in [0.717, 1.165) is 35.7 Å². The van der Waals surface area contributed by atoms with Gasteiger partial charge in [-0.2, -0.15) is 0 Å². The lowest BCUT2D eigenvalue weighted by Crippen LogP contribution is -2.14. The van der Waals surface area contributed by atoms with Crippen LogP contribution in [0.15, 0.2) is 36.4 Å². The molecule has 2 rings (SSSR count). The van der Waals surface area contributed by atoms with Gasteiger partial charge in [0.25, 0.3) is 0 Å². The molecule has 1 nitrogen and oxygen atoms in total. The Bertz CT molecular complexity index is 594. The average molecular weight is 275 g/mol. The van der Waals surface area contributed by atoms with Gasteiger partial charge in [-0.25, -0.2) is 8.78 Å². The number of rotatable bonds is 5. The van der Waals surface area contributed by atoms with Gasteiger partial charge in [0.05, 0.1) is 0 Å². The van der Waals surface area contributed by atoms with E-state index in [2.05, 4.69) is 12.2 Å². The zero-order valence-electron chi connectivity index (χ0n) is 11.8. The molecule has 0 radical (unpaired) electrons. The van der Waals surface area contributed by atoms with Crippen molar-refractivity contribution in [2.75, 3.05) is 6.54 Å². The zero-order chi connectivity index (χ0) is 14.5. The van der Waals surface area contributed by atoms with Gasteiger partial charge < -0.3 is 5.32 Å². The van der Waals surface area contributed by atoms with E-state index in [1.807, 2.05) is 25.1 Å². The lowest BCUT2D eigenvalue weighted by atomic mass is 9.97. The van der Waals surface area contributed by atoms with Crippen molar-refractivity contribution in [2.24, 2.45) is 0 Å². The molecule has 0 heterocycles. The first-order chi connectivity index (χ1) is 9.61. The van der Waals surface area contributed by atoms with Gasteiger partial charge in [0.1, 0.15) is 11.6 Å². The quantitative estimate of drug-likeness (QED) is 0.795. The topological polar surface area (TPSA) is 12.0 Å². The Morgan fingerprint density at radius 1 is 1.00 bits per heavy atom. The molecule has 0 aromatic heterocycles. The standard InChI is InChI=1S/C17H19F2N/c1-3-8-20-11-13-5-4-12(2)9-15(13)16-10-14(18)6-7-17(16)19/h4-7,9-10,20H,3,8,11H2,1-2H3. The van der Waals surface area contributed by atoms with E-state index in [9.17, 15) is 8.78 Å². The van der Waals surface area contributed by atoms with E-state index in [1.165, 1.54) is 12.1 Å². The van der Waals surface area contributed by atoms with Crippen molar-refractivity contribution >= 4 is 0 Å². The van der Waals surface area contributed by atoms with Crippen LogP contribution in [0.1, 0.15) is 24.5 Å². The van der Waals surface area contributed by atoms with Crippen molar-refractivity contribution in [3.8, 4) is 11.1 Å². The summed E-state index contributed by atoms with van der Waals surface area (Å²) in [5.74, 6) is -0.816. The molecule has 0 unspecified atom stereocenters. The maximum Gasteiger partial charge on any atom is 0.131 e. The highest BCUT2D eigenvalue weighted by Crippen LogP contribution is 2.28. The number of halogens is 2. The molecule has 1 N–H and O–H groups in total. The first-order valence-electron chi connectivity index (χ1n) is 6.87. The maximum absolute atomic E-state index is 14.0. The number of aryl methyl sites for hydroxylation is 1. The summed E-state index contributed by atoms with van der Waals surface area (Å²) in [4.78, 5) is 0. The summed E-state index contributed by atoms with van der Waals surface area (Å²) in [6.07, 6.45) is 1.04. The van der Waals surface area contributed by atoms with Crippen LogP contribution in [0, 0.1) is 18.6 Å². The zero-order valence-corrected chi connectivity index (χ0v) is 11.8. The summed E-state index contributed by atoms with van der Waals surface area (Å²) in [6.45, 7) is 5.59. The molecule has 0 aliphatic rings. The van der Waals surface area contributed by atoms with Crippen molar-refractivity contribution in [3.63, 3.8) is 0 Å². The highest BCUT2D eigenvalue weighted by atomic mass is 19.1. The van der Waals surface area contributed by atoms with E-state index in [0.29, 0.717) is 12.1 Å². The molecular weight excluding hydrogens is 256 g/mol. The fraction of sp³-hybridized carbons (Fsp3) is 0.294. The van der Waals surface area contributed by atoms with Gasteiger partial charge >= 0.3 is 0 Å². The van der Waals surface area contributed by atoms with Crippen molar-refractivity contribution in [1.82, 2.24) is 5.32 Å². The van der Waals surface area contributed by atoms with Crippen LogP contribution in [0.25, 0.3) is 11.1 Å². The monoisotopic (exact) mass is 275 g/mol. The van der Waals surface area contributed by atoms with E-state index in [4.69, 9.17) is 0 Å². The Labute approximate surface area is 118 Å². The summed E-state index contributed by atoms with van der Waals surface area (Å²) in [5, 5.41) is 3.30. The van der Waals surface area contributed by atoms with Crippen LogP contribution in [0.2, 0.25) is 0 Å². The molecule has 0 spiro atoms. The largest absolute Gasteiger partial charge is 0.313 e. The van der Waals surface area contributed by atoms with Crippen LogP contribution in [-0.4, -0.2) is 6.54 Å². The molecule has 0 saturated heterocycles. The van der Waals surface area contributed by atoms with Gasteiger partial charge in [-0.3, -0.25) is 0 Å². The number of benzene rings is 2. The molecule has 0 fully saturated rings. The predicted octanol–water partition coefficient (Wildman–Crippen LogP) is 4.44. The molecule has 0 atom stereocenters. The Balaban J connectivity index is 2.42. The van der Waals surface area contributed by atoms with E-state index >= 15 is 0 Å². The smallest absolute Gasteiger partial charge is 0.131 e. The fourth-order valence-corrected chi connectivity index (χ4v) is 2.20. The first-order valence-corrected chi connectivity index (χ1v) is 6.87. The highest BCUT2D eigenvalue weighted by Gasteiger charge is 2.11. The molecule has 3 heteroatoms.